The Morgan fingerprint density at radius 3 is 2.32 bits per heavy atom. The summed E-state index contributed by atoms with van der Waals surface area (Å²) in [6, 6.07) is 10.7. The fraction of sp³-hybridized carbons (Fsp3) is 0.0714. The quantitative estimate of drug-likeness (QED) is 0.851. The van der Waals surface area contributed by atoms with E-state index in [4.69, 9.17) is 5.11 Å². The number of carboxylic acids is 1. The van der Waals surface area contributed by atoms with E-state index < -0.39 is 21.9 Å². The zero-order valence-corrected chi connectivity index (χ0v) is 12.1. The number of amides is 1. The summed E-state index contributed by atoms with van der Waals surface area (Å²) in [5.41, 5.74) is 0.271. The standard InChI is InChI=1S/C14H12N2O5S/c17-13(11-6-7-12(14(18)19)15-8-11)16-22(20,21)9-10-4-2-1-3-5-10/h1-8H,9H2,(H,16,17)(H,18,19). The summed E-state index contributed by atoms with van der Waals surface area (Å²) in [7, 11) is -3.85. The molecule has 2 rings (SSSR count). The highest BCUT2D eigenvalue weighted by atomic mass is 32.2. The Balaban J connectivity index is 2.09. The van der Waals surface area contributed by atoms with Gasteiger partial charge in [-0.05, 0) is 17.7 Å². The van der Waals surface area contributed by atoms with Gasteiger partial charge in [0.2, 0.25) is 10.0 Å². The topological polar surface area (TPSA) is 113 Å². The van der Waals surface area contributed by atoms with Gasteiger partial charge in [0.15, 0.2) is 0 Å². The number of carboxylic acid groups (broad SMARTS) is 1. The third-order valence-corrected chi connectivity index (χ3v) is 3.90. The Bertz CT molecular complexity index is 786. The molecule has 0 fully saturated rings. The third kappa shape index (κ3) is 4.13. The molecular weight excluding hydrogens is 308 g/mol. The van der Waals surface area contributed by atoms with E-state index in [0.29, 0.717) is 5.56 Å². The molecule has 22 heavy (non-hydrogen) atoms. The first-order chi connectivity index (χ1) is 10.4. The largest absolute Gasteiger partial charge is 0.477 e. The first-order valence-electron chi connectivity index (χ1n) is 6.15. The fourth-order valence-electron chi connectivity index (χ4n) is 1.68. The lowest BCUT2D eigenvalue weighted by atomic mass is 10.2. The SMILES string of the molecule is O=C(NS(=O)(=O)Cc1ccccc1)c1ccc(C(=O)O)nc1. The second kappa shape index (κ2) is 6.35. The van der Waals surface area contributed by atoms with E-state index >= 15 is 0 Å². The normalized spacial score (nSPS) is 10.9. The Kier molecular flexibility index (Phi) is 4.52. The van der Waals surface area contributed by atoms with Crippen LogP contribution in [0.25, 0.3) is 0 Å². The minimum absolute atomic E-state index is 0.0402. The van der Waals surface area contributed by atoms with Crippen LogP contribution in [0.5, 0.6) is 0 Å². The second-order valence-electron chi connectivity index (χ2n) is 4.41. The summed E-state index contributed by atoms with van der Waals surface area (Å²) < 4.78 is 25.7. The monoisotopic (exact) mass is 320 g/mol. The van der Waals surface area contributed by atoms with Crippen molar-refractivity contribution in [2.45, 2.75) is 5.75 Å². The number of hydrogen-bond donors (Lipinski definition) is 2. The molecule has 2 aromatic rings. The van der Waals surface area contributed by atoms with Crippen molar-refractivity contribution < 1.29 is 23.1 Å². The Morgan fingerprint density at radius 1 is 1.09 bits per heavy atom. The number of benzene rings is 1. The summed E-state index contributed by atoms with van der Waals surface area (Å²) >= 11 is 0. The van der Waals surface area contributed by atoms with Crippen molar-refractivity contribution in [3.63, 3.8) is 0 Å². The van der Waals surface area contributed by atoms with E-state index in [-0.39, 0.29) is 17.0 Å². The van der Waals surface area contributed by atoms with Gasteiger partial charge in [0.1, 0.15) is 5.69 Å². The van der Waals surface area contributed by atoms with Gasteiger partial charge in [-0.3, -0.25) is 4.79 Å². The van der Waals surface area contributed by atoms with Gasteiger partial charge >= 0.3 is 5.97 Å². The molecule has 0 unspecified atom stereocenters. The van der Waals surface area contributed by atoms with Crippen LogP contribution in [0.1, 0.15) is 26.4 Å². The Labute approximate surface area is 126 Å². The lowest BCUT2D eigenvalue weighted by Gasteiger charge is -2.07. The smallest absolute Gasteiger partial charge is 0.354 e. The van der Waals surface area contributed by atoms with Gasteiger partial charge in [-0.1, -0.05) is 30.3 Å². The Hall–Kier alpha value is -2.74. The number of sulfonamides is 1. The number of nitrogens with one attached hydrogen (secondary N) is 1. The maximum Gasteiger partial charge on any atom is 0.354 e. The molecule has 0 aliphatic rings. The van der Waals surface area contributed by atoms with Gasteiger partial charge < -0.3 is 5.11 Å². The lowest BCUT2D eigenvalue weighted by Crippen LogP contribution is -2.31. The van der Waals surface area contributed by atoms with Crippen molar-refractivity contribution in [2.24, 2.45) is 0 Å². The zero-order chi connectivity index (χ0) is 16.2. The van der Waals surface area contributed by atoms with Gasteiger partial charge in [-0.15, -0.1) is 0 Å². The van der Waals surface area contributed by atoms with Crippen LogP contribution in [0.2, 0.25) is 0 Å². The molecule has 1 aromatic heterocycles. The molecule has 1 heterocycles. The number of carbonyl (C=O) groups excluding carboxylic acids is 1. The average molecular weight is 320 g/mol. The maximum absolute atomic E-state index is 11.9. The van der Waals surface area contributed by atoms with Gasteiger partial charge in [0, 0.05) is 6.20 Å². The van der Waals surface area contributed by atoms with Gasteiger partial charge in [0.05, 0.1) is 11.3 Å². The molecular formula is C14H12N2O5S. The minimum Gasteiger partial charge on any atom is -0.477 e. The first kappa shape index (κ1) is 15.6. The van der Waals surface area contributed by atoms with Crippen LogP contribution in [-0.4, -0.2) is 30.4 Å². The average Bonchev–Trinajstić information content (AvgIpc) is 2.47. The first-order valence-corrected chi connectivity index (χ1v) is 7.81. The molecule has 0 saturated heterocycles. The summed E-state index contributed by atoms with van der Waals surface area (Å²) in [5, 5.41) is 8.71. The van der Waals surface area contributed by atoms with E-state index in [1.807, 2.05) is 4.72 Å². The fourth-order valence-corrected chi connectivity index (χ4v) is 2.79. The van der Waals surface area contributed by atoms with Gasteiger partial charge in [-0.2, -0.15) is 0 Å². The number of aromatic carboxylic acids is 1. The van der Waals surface area contributed by atoms with Crippen molar-refractivity contribution in [3.8, 4) is 0 Å². The summed E-state index contributed by atoms with van der Waals surface area (Å²) in [6.07, 6.45) is 1.01. The van der Waals surface area contributed by atoms with Crippen molar-refractivity contribution in [1.82, 2.24) is 9.71 Å². The highest BCUT2D eigenvalue weighted by Crippen LogP contribution is 2.06. The molecule has 1 amide bonds. The van der Waals surface area contributed by atoms with Crippen molar-refractivity contribution in [2.75, 3.05) is 0 Å². The van der Waals surface area contributed by atoms with E-state index in [1.54, 1.807) is 30.3 Å². The molecule has 0 aliphatic heterocycles. The van der Waals surface area contributed by atoms with Crippen molar-refractivity contribution in [3.05, 3.63) is 65.5 Å². The molecule has 8 heteroatoms. The summed E-state index contributed by atoms with van der Waals surface area (Å²) in [4.78, 5) is 26.1. The van der Waals surface area contributed by atoms with Crippen LogP contribution in [0.3, 0.4) is 0 Å². The predicted molar refractivity (Wildman–Crippen MR) is 77.7 cm³/mol. The van der Waals surface area contributed by atoms with Crippen molar-refractivity contribution in [1.29, 1.82) is 0 Å². The minimum atomic E-state index is -3.85. The van der Waals surface area contributed by atoms with Crippen LogP contribution in [0.4, 0.5) is 0 Å². The molecule has 0 spiro atoms. The van der Waals surface area contributed by atoms with Crippen LogP contribution < -0.4 is 4.72 Å². The second-order valence-corrected chi connectivity index (χ2v) is 6.14. The number of carbonyl (C=O) groups is 2. The molecule has 0 saturated carbocycles. The van der Waals surface area contributed by atoms with E-state index in [2.05, 4.69) is 4.98 Å². The van der Waals surface area contributed by atoms with Gasteiger partial charge in [-0.25, -0.2) is 22.9 Å². The lowest BCUT2D eigenvalue weighted by molar-refractivity contribution is 0.0689. The highest BCUT2D eigenvalue weighted by Gasteiger charge is 2.17. The number of aromatic nitrogens is 1. The molecule has 2 N–H and O–H groups in total. The van der Waals surface area contributed by atoms with Gasteiger partial charge in [0.25, 0.3) is 5.91 Å². The number of pyridine rings is 1. The molecule has 0 bridgehead atoms. The van der Waals surface area contributed by atoms with Crippen LogP contribution in [0.15, 0.2) is 48.7 Å². The van der Waals surface area contributed by atoms with E-state index in [0.717, 1.165) is 12.3 Å². The molecule has 0 radical (unpaired) electrons. The number of hydrogen-bond acceptors (Lipinski definition) is 5. The Morgan fingerprint density at radius 2 is 1.77 bits per heavy atom. The molecule has 114 valence electrons. The zero-order valence-electron chi connectivity index (χ0n) is 11.3. The number of nitrogens with zero attached hydrogens (tertiary/aromatic N) is 1. The van der Waals surface area contributed by atoms with Crippen LogP contribution >= 0.6 is 0 Å². The number of rotatable bonds is 5. The maximum atomic E-state index is 11.9. The van der Waals surface area contributed by atoms with Crippen LogP contribution in [0, 0.1) is 0 Å². The summed E-state index contributed by atoms with van der Waals surface area (Å²) in [5.74, 6) is -2.43. The summed E-state index contributed by atoms with van der Waals surface area (Å²) in [6.45, 7) is 0. The highest BCUT2D eigenvalue weighted by molar-refractivity contribution is 7.89. The van der Waals surface area contributed by atoms with Crippen molar-refractivity contribution >= 4 is 21.9 Å². The van der Waals surface area contributed by atoms with E-state index in [9.17, 15) is 18.0 Å². The predicted octanol–water partition coefficient (Wildman–Crippen LogP) is 1.04. The molecule has 1 aromatic carbocycles. The van der Waals surface area contributed by atoms with E-state index in [1.165, 1.54) is 6.07 Å². The molecule has 0 aliphatic carbocycles. The van der Waals surface area contributed by atoms with Crippen LogP contribution in [-0.2, 0) is 15.8 Å². The molecule has 7 nitrogen and oxygen atoms in total. The third-order valence-electron chi connectivity index (χ3n) is 2.69. The molecule has 0 atom stereocenters.